The summed E-state index contributed by atoms with van der Waals surface area (Å²) in [5.74, 6) is -0.191. The van der Waals surface area contributed by atoms with E-state index in [9.17, 15) is 19.4 Å². The average molecular weight is 1020 g/mol. The van der Waals surface area contributed by atoms with Crippen molar-refractivity contribution in [2.24, 2.45) is 0 Å². The zero-order valence-electron chi connectivity index (χ0n) is 47.2. The van der Waals surface area contributed by atoms with Gasteiger partial charge in [-0.25, -0.2) is 4.57 Å². The summed E-state index contributed by atoms with van der Waals surface area (Å²) in [7, 11) is 1.55. The number of aliphatic hydroxyl groups is 1. The molecule has 0 radical (unpaired) electrons. The molecule has 0 spiro atoms. The van der Waals surface area contributed by atoms with Crippen LogP contribution in [0.5, 0.6) is 0 Å². The van der Waals surface area contributed by atoms with E-state index in [1.54, 1.807) is 6.08 Å². The number of carbonyl (C=O) groups is 1. The molecule has 1 amide bonds. The van der Waals surface area contributed by atoms with Gasteiger partial charge in [0.25, 0.3) is 0 Å². The fraction of sp³-hybridized carbons (Fsp3) is 0.790. The number of phosphoric acid groups is 1. The van der Waals surface area contributed by atoms with Crippen LogP contribution in [0.2, 0.25) is 0 Å². The number of likely N-dealkylation sites (N-methyl/N-ethyl adjacent to an activating group) is 1. The smallest absolute Gasteiger partial charge is 0.387 e. The number of nitrogens with one attached hydrogen (secondary N) is 1. The highest BCUT2D eigenvalue weighted by atomic mass is 31.2. The summed E-state index contributed by atoms with van der Waals surface area (Å²) < 4.78 is 23.6. The Kier molecular flexibility index (Phi) is 51.3. The van der Waals surface area contributed by atoms with Crippen LogP contribution in [0.4, 0.5) is 0 Å². The zero-order valence-corrected chi connectivity index (χ0v) is 48.1. The van der Waals surface area contributed by atoms with Gasteiger partial charge in [-0.05, 0) is 77.0 Å². The van der Waals surface area contributed by atoms with Crippen molar-refractivity contribution in [3.8, 4) is 0 Å². The van der Waals surface area contributed by atoms with Crippen LogP contribution in [0.25, 0.3) is 0 Å². The summed E-state index contributed by atoms with van der Waals surface area (Å²) in [5.41, 5.74) is 0. The number of phosphoric ester groups is 1. The van der Waals surface area contributed by atoms with Crippen molar-refractivity contribution >= 4 is 13.7 Å². The number of allylic oxidation sites excluding steroid dienone is 11. The van der Waals surface area contributed by atoms with Gasteiger partial charge in [-0.15, -0.1) is 0 Å². The van der Waals surface area contributed by atoms with Crippen molar-refractivity contribution in [3.63, 3.8) is 0 Å². The Hall–Kier alpha value is -2.06. The second-order valence-corrected chi connectivity index (χ2v) is 22.8. The zero-order chi connectivity index (χ0) is 52.0. The minimum atomic E-state index is -4.35. The van der Waals surface area contributed by atoms with Gasteiger partial charge in [-0.1, -0.05) is 254 Å². The average Bonchev–Trinajstić information content (AvgIpc) is 3.33. The van der Waals surface area contributed by atoms with E-state index in [-0.39, 0.29) is 19.1 Å². The molecule has 0 heterocycles. The van der Waals surface area contributed by atoms with Crippen LogP contribution in [-0.4, -0.2) is 73.4 Å². The lowest BCUT2D eigenvalue weighted by atomic mass is 10.0. The van der Waals surface area contributed by atoms with Crippen molar-refractivity contribution in [1.82, 2.24) is 5.32 Å². The highest BCUT2D eigenvalue weighted by Crippen LogP contribution is 2.43. The molecule has 8 nitrogen and oxygen atoms in total. The monoisotopic (exact) mass is 1020 g/mol. The topological polar surface area (TPSA) is 105 Å². The summed E-state index contributed by atoms with van der Waals surface area (Å²) in [5, 5.41) is 13.8. The minimum absolute atomic E-state index is 0.0525. The van der Waals surface area contributed by atoms with Crippen molar-refractivity contribution in [3.05, 3.63) is 72.9 Å². The van der Waals surface area contributed by atoms with Gasteiger partial charge in [0.1, 0.15) is 13.2 Å². The molecule has 0 saturated heterocycles. The fourth-order valence-corrected chi connectivity index (χ4v) is 9.16. The lowest BCUT2D eigenvalue weighted by Crippen LogP contribution is -2.45. The number of quaternary nitrogens is 1. The van der Waals surface area contributed by atoms with E-state index in [1.165, 1.54) is 180 Å². The Balaban J connectivity index is 3.94. The molecule has 0 aromatic rings. The number of unbranched alkanes of at least 4 members (excludes halogenated alkanes) is 31. The summed E-state index contributed by atoms with van der Waals surface area (Å²) in [4.78, 5) is 23.2. The van der Waals surface area contributed by atoms with E-state index in [2.05, 4.69) is 79.9 Å². The first-order valence-electron chi connectivity index (χ1n) is 29.8. The number of amides is 1. The quantitative estimate of drug-likeness (QED) is 0.0243. The lowest BCUT2D eigenvalue weighted by Gasteiger charge is -2.25. The highest BCUT2D eigenvalue weighted by molar-refractivity contribution is 7.47. The largest absolute Gasteiger partial charge is 0.472 e. The van der Waals surface area contributed by atoms with E-state index in [0.717, 1.165) is 64.2 Å². The maximum atomic E-state index is 12.9. The standard InChI is InChI=1S/C62H115N2O6P/c1-6-8-10-12-14-16-18-20-21-22-23-24-25-26-27-28-29-30-31-32-33-34-35-36-37-38-39-40-41-42-43-44-46-48-50-52-54-56-62(66)63-60(59-70-71(67,68)69-58-57-64(3,4)5)61(65)55-53-51-49-47-45-19-17-15-13-11-9-7-2/h13,15,18,20,22-23,25-26,45,47,53,55,60-61,65H,6-12,14,16-17,19,21,24,27-44,46,48-52,54,56-59H2,1-5H3,(H-,63,66,67,68)/p+1/b15-13+,20-18-,23-22-,26-25-,47-45+,55-53+. The molecular weight excluding hydrogens is 900 g/mol. The molecule has 0 aliphatic heterocycles. The van der Waals surface area contributed by atoms with Gasteiger partial charge in [0.15, 0.2) is 0 Å². The number of hydrogen-bond donors (Lipinski definition) is 3. The third kappa shape index (κ3) is 55.5. The molecule has 0 aromatic heterocycles. The van der Waals surface area contributed by atoms with Gasteiger partial charge >= 0.3 is 7.82 Å². The first kappa shape index (κ1) is 68.9. The van der Waals surface area contributed by atoms with Crippen LogP contribution in [0, 0.1) is 0 Å². The molecule has 0 aromatic carbocycles. The first-order valence-corrected chi connectivity index (χ1v) is 31.3. The molecule has 0 aliphatic rings. The van der Waals surface area contributed by atoms with Gasteiger partial charge in [-0.2, -0.15) is 0 Å². The predicted molar refractivity (Wildman–Crippen MR) is 309 cm³/mol. The van der Waals surface area contributed by atoms with Gasteiger partial charge < -0.3 is 19.8 Å². The summed E-state index contributed by atoms with van der Waals surface area (Å²) >= 11 is 0. The summed E-state index contributed by atoms with van der Waals surface area (Å²) in [6, 6.07) is -0.870. The summed E-state index contributed by atoms with van der Waals surface area (Å²) in [6.07, 6.45) is 73.3. The molecule has 9 heteroatoms. The molecule has 3 unspecified atom stereocenters. The van der Waals surface area contributed by atoms with Gasteiger partial charge in [-0.3, -0.25) is 13.8 Å². The molecular formula is C62H116N2O6P+. The van der Waals surface area contributed by atoms with Crippen LogP contribution < -0.4 is 5.32 Å². The Morgan fingerprint density at radius 2 is 0.831 bits per heavy atom. The third-order valence-corrected chi connectivity index (χ3v) is 14.1. The molecule has 0 saturated carbocycles. The Morgan fingerprint density at radius 1 is 0.479 bits per heavy atom. The molecule has 71 heavy (non-hydrogen) atoms. The van der Waals surface area contributed by atoms with Crippen LogP contribution in [0.3, 0.4) is 0 Å². The van der Waals surface area contributed by atoms with Gasteiger partial charge in [0.2, 0.25) is 5.91 Å². The molecule has 0 aliphatic carbocycles. The second-order valence-electron chi connectivity index (χ2n) is 21.3. The predicted octanol–water partition coefficient (Wildman–Crippen LogP) is 18.3. The van der Waals surface area contributed by atoms with Crippen LogP contribution in [-0.2, 0) is 18.4 Å². The highest BCUT2D eigenvalue weighted by Gasteiger charge is 2.27. The summed E-state index contributed by atoms with van der Waals surface area (Å²) in [6.45, 7) is 4.73. The van der Waals surface area contributed by atoms with Gasteiger partial charge in [0, 0.05) is 6.42 Å². The number of rotatable bonds is 54. The van der Waals surface area contributed by atoms with Crippen LogP contribution in [0.1, 0.15) is 264 Å². The maximum Gasteiger partial charge on any atom is 0.472 e. The van der Waals surface area contributed by atoms with Gasteiger partial charge in [0.05, 0.1) is 39.9 Å². The van der Waals surface area contributed by atoms with Crippen LogP contribution >= 0.6 is 7.82 Å². The number of nitrogens with zero attached hydrogens (tertiary/aromatic N) is 1. The van der Waals surface area contributed by atoms with E-state index in [0.29, 0.717) is 17.4 Å². The number of aliphatic hydroxyl groups excluding tert-OH is 1. The number of carbonyl (C=O) groups excluding carboxylic acids is 1. The molecule has 0 rings (SSSR count). The molecule has 3 atom stereocenters. The Labute approximate surface area is 440 Å². The lowest BCUT2D eigenvalue weighted by molar-refractivity contribution is -0.870. The molecule has 414 valence electrons. The second kappa shape index (κ2) is 52.8. The van der Waals surface area contributed by atoms with E-state index < -0.39 is 20.0 Å². The Morgan fingerprint density at radius 3 is 1.27 bits per heavy atom. The normalized spacial score (nSPS) is 14.4. The maximum absolute atomic E-state index is 12.9. The van der Waals surface area contributed by atoms with E-state index >= 15 is 0 Å². The SMILES string of the molecule is CCCC/C=C/CC/C=C/CC/C=C/C(O)C(COP(=O)(O)OCC[N+](C)(C)C)NC(=O)CCCCCCCCCCCCCCCCCCCCCCCC/C=C\C/C=C\C/C=C\CCCCCCC. The third-order valence-electron chi connectivity index (χ3n) is 13.1. The van der Waals surface area contributed by atoms with Crippen molar-refractivity contribution in [1.29, 1.82) is 0 Å². The van der Waals surface area contributed by atoms with Crippen LogP contribution in [0.15, 0.2) is 72.9 Å². The molecule has 0 fully saturated rings. The van der Waals surface area contributed by atoms with E-state index in [1.807, 2.05) is 27.2 Å². The number of hydrogen-bond acceptors (Lipinski definition) is 5. The first-order chi connectivity index (χ1) is 34.5. The van der Waals surface area contributed by atoms with E-state index in [4.69, 9.17) is 9.05 Å². The fourth-order valence-electron chi connectivity index (χ4n) is 8.42. The van der Waals surface area contributed by atoms with Crippen molar-refractivity contribution in [2.45, 2.75) is 276 Å². The molecule has 3 N–H and O–H groups in total. The Bertz CT molecular complexity index is 1380. The molecule has 0 bridgehead atoms. The van der Waals surface area contributed by atoms with Crippen molar-refractivity contribution < 1.29 is 32.9 Å². The van der Waals surface area contributed by atoms with Crippen molar-refractivity contribution in [2.75, 3.05) is 40.9 Å². The minimum Gasteiger partial charge on any atom is -0.387 e.